The fraction of sp³-hybridized carbons (Fsp3) is 0.333. The van der Waals surface area contributed by atoms with Gasteiger partial charge in [-0.1, -0.05) is 18.6 Å². The lowest BCUT2D eigenvalue weighted by Gasteiger charge is -2.26. The van der Waals surface area contributed by atoms with Gasteiger partial charge >= 0.3 is 0 Å². The molecule has 7 nitrogen and oxygen atoms in total. The number of anilines is 1. The summed E-state index contributed by atoms with van der Waals surface area (Å²) in [6.45, 7) is 2.37. The number of carbonyl (C=O) groups excluding carboxylic acids is 1. The van der Waals surface area contributed by atoms with E-state index in [1.54, 1.807) is 33.6 Å². The van der Waals surface area contributed by atoms with Crippen molar-refractivity contribution in [2.24, 2.45) is 0 Å². The summed E-state index contributed by atoms with van der Waals surface area (Å²) in [6.07, 6.45) is 7.20. The molecule has 3 aromatic rings. The molecule has 0 N–H and O–H groups in total. The van der Waals surface area contributed by atoms with Gasteiger partial charge in [0.05, 0.1) is 11.4 Å². The van der Waals surface area contributed by atoms with Crippen LogP contribution in [-0.4, -0.2) is 48.0 Å². The number of aromatic nitrogens is 2. The number of hydrogen-bond acceptors (Lipinski definition) is 4. The molecule has 8 heteroatoms. The first-order chi connectivity index (χ1) is 15.5. The molecule has 0 saturated carbocycles. The second-order valence-corrected chi connectivity index (χ2v) is 10.3. The Morgan fingerprint density at radius 3 is 2.47 bits per heavy atom. The number of amides is 1. The number of carbonyl (C=O) groups is 1. The van der Waals surface area contributed by atoms with Crippen molar-refractivity contribution in [1.82, 2.24) is 14.1 Å². The zero-order chi connectivity index (χ0) is 22.1. The second-order valence-electron chi connectivity index (χ2n) is 8.36. The Morgan fingerprint density at radius 2 is 1.75 bits per heavy atom. The van der Waals surface area contributed by atoms with Gasteiger partial charge in [-0.25, -0.2) is 8.42 Å². The number of nitrogens with zero attached hydrogens (tertiary/aromatic N) is 4. The zero-order valence-corrected chi connectivity index (χ0v) is 18.7. The highest BCUT2D eigenvalue weighted by Gasteiger charge is 2.30. The Morgan fingerprint density at radius 1 is 0.969 bits per heavy atom. The SMILES string of the molecule is O=C(c1ccc(Cn2cccn2)cc1)N1CCc2cc(S(=O)(=O)N3CCCCC3)ccc21. The molecule has 1 amide bonds. The molecule has 0 radical (unpaired) electrons. The van der Waals surface area contributed by atoms with E-state index in [0.717, 1.165) is 36.1 Å². The number of piperidine rings is 1. The molecule has 0 spiro atoms. The highest BCUT2D eigenvalue weighted by atomic mass is 32.2. The van der Waals surface area contributed by atoms with Crippen molar-refractivity contribution in [2.75, 3.05) is 24.5 Å². The van der Waals surface area contributed by atoms with Gasteiger partial charge in [0.2, 0.25) is 10.0 Å². The topological polar surface area (TPSA) is 75.5 Å². The van der Waals surface area contributed by atoms with Crippen LogP contribution in [0.2, 0.25) is 0 Å². The Labute approximate surface area is 188 Å². The maximum Gasteiger partial charge on any atom is 0.258 e. The summed E-state index contributed by atoms with van der Waals surface area (Å²) < 4.78 is 29.4. The van der Waals surface area contributed by atoms with E-state index in [4.69, 9.17) is 0 Å². The Hall–Kier alpha value is -2.97. The van der Waals surface area contributed by atoms with E-state index in [0.29, 0.717) is 43.1 Å². The van der Waals surface area contributed by atoms with Crippen LogP contribution in [0, 0.1) is 0 Å². The van der Waals surface area contributed by atoms with Crippen LogP contribution in [0.25, 0.3) is 0 Å². The fourth-order valence-corrected chi connectivity index (χ4v) is 6.06. The van der Waals surface area contributed by atoms with Crippen molar-refractivity contribution in [1.29, 1.82) is 0 Å². The summed E-state index contributed by atoms with van der Waals surface area (Å²) in [7, 11) is -3.48. The van der Waals surface area contributed by atoms with Crippen molar-refractivity contribution in [3.8, 4) is 0 Å². The molecule has 0 bridgehead atoms. The van der Waals surface area contributed by atoms with Crippen LogP contribution in [0.15, 0.2) is 65.8 Å². The first-order valence-corrected chi connectivity index (χ1v) is 12.5. The Balaban J connectivity index is 1.33. The van der Waals surface area contributed by atoms with Crippen molar-refractivity contribution >= 4 is 21.6 Å². The predicted octanol–water partition coefficient (Wildman–Crippen LogP) is 3.31. The molecular weight excluding hydrogens is 424 g/mol. The normalized spacial score (nSPS) is 16.8. The third-order valence-electron chi connectivity index (χ3n) is 6.25. The van der Waals surface area contributed by atoms with E-state index in [9.17, 15) is 13.2 Å². The van der Waals surface area contributed by atoms with Crippen molar-refractivity contribution in [3.63, 3.8) is 0 Å². The minimum Gasteiger partial charge on any atom is -0.308 e. The molecule has 0 unspecified atom stereocenters. The van der Waals surface area contributed by atoms with Gasteiger partial charge in [0.25, 0.3) is 5.91 Å². The Bertz CT molecular complexity index is 1210. The monoisotopic (exact) mass is 450 g/mol. The summed E-state index contributed by atoms with van der Waals surface area (Å²) in [4.78, 5) is 15.2. The van der Waals surface area contributed by atoms with Gasteiger partial charge in [0.1, 0.15) is 0 Å². The molecule has 2 aliphatic heterocycles. The van der Waals surface area contributed by atoms with Crippen molar-refractivity contribution in [2.45, 2.75) is 37.1 Å². The van der Waals surface area contributed by atoms with Gasteiger partial charge in [-0.3, -0.25) is 9.48 Å². The third kappa shape index (κ3) is 3.96. The largest absolute Gasteiger partial charge is 0.308 e. The number of hydrogen-bond donors (Lipinski definition) is 0. The molecule has 2 aliphatic rings. The number of fused-ring (bicyclic) bond motifs is 1. The fourth-order valence-electron chi connectivity index (χ4n) is 4.49. The molecule has 1 fully saturated rings. The minimum absolute atomic E-state index is 0.0685. The number of rotatable bonds is 5. The van der Waals surface area contributed by atoms with E-state index < -0.39 is 10.0 Å². The quantitative estimate of drug-likeness (QED) is 0.598. The van der Waals surface area contributed by atoms with Crippen LogP contribution < -0.4 is 4.90 Å². The average Bonchev–Trinajstić information content (AvgIpc) is 3.49. The molecule has 0 atom stereocenters. The van der Waals surface area contributed by atoms with E-state index in [2.05, 4.69) is 5.10 Å². The van der Waals surface area contributed by atoms with Crippen LogP contribution in [0.3, 0.4) is 0 Å². The van der Waals surface area contributed by atoms with Crippen LogP contribution in [0.4, 0.5) is 5.69 Å². The van der Waals surface area contributed by atoms with Crippen LogP contribution in [-0.2, 0) is 23.0 Å². The van der Waals surface area contributed by atoms with E-state index in [1.807, 2.05) is 41.2 Å². The molecular formula is C24H26N4O3S. The summed E-state index contributed by atoms with van der Waals surface area (Å²) in [5, 5.41) is 4.21. The molecule has 32 heavy (non-hydrogen) atoms. The summed E-state index contributed by atoms with van der Waals surface area (Å²) in [5.41, 5.74) is 3.40. The smallest absolute Gasteiger partial charge is 0.258 e. The molecule has 166 valence electrons. The molecule has 5 rings (SSSR count). The van der Waals surface area contributed by atoms with E-state index >= 15 is 0 Å². The van der Waals surface area contributed by atoms with Crippen molar-refractivity contribution < 1.29 is 13.2 Å². The zero-order valence-electron chi connectivity index (χ0n) is 17.9. The van der Waals surface area contributed by atoms with Gasteiger partial charge in [-0.15, -0.1) is 0 Å². The van der Waals surface area contributed by atoms with Gasteiger partial charge < -0.3 is 4.90 Å². The minimum atomic E-state index is -3.48. The lowest BCUT2D eigenvalue weighted by Crippen LogP contribution is -2.35. The van der Waals surface area contributed by atoms with Crippen LogP contribution >= 0.6 is 0 Å². The highest BCUT2D eigenvalue weighted by molar-refractivity contribution is 7.89. The van der Waals surface area contributed by atoms with Crippen LogP contribution in [0.5, 0.6) is 0 Å². The van der Waals surface area contributed by atoms with Gasteiger partial charge in [-0.2, -0.15) is 9.40 Å². The maximum absolute atomic E-state index is 13.1. The molecule has 0 aliphatic carbocycles. The summed E-state index contributed by atoms with van der Waals surface area (Å²) >= 11 is 0. The standard InChI is InChI=1S/C24H26N4O3S/c29-24(20-7-5-19(6-8-20)18-26-13-4-12-25-26)28-16-11-21-17-22(9-10-23(21)28)32(30,31)27-14-2-1-3-15-27/h4-10,12-13,17H,1-3,11,14-16,18H2. The Kier molecular flexibility index (Phi) is 5.57. The lowest BCUT2D eigenvalue weighted by molar-refractivity contribution is 0.0989. The van der Waals surface area contributed by atoms with E-state index in [1.165, 1.54) is 0 Å². The number of sulfonamides is 1. The maximum atomic E-state index is 13.1. The predicted molar refractivity (Wildman–Crippen MR) is 122 cm³/mol. The van der Waals surface area contributed by atoms with E-state index in [-0.39, 0.29) is 5.91 Å². The first kappa shape index (κ1) is 20.9. The van der Waals surface area contributed by atoms with Crippen LogP contribution in [0.1, 0.15) is 40.7 Å². The first-order valence-electron chi connectivity index (χ1n) is 11.0. The third-order valence-corrected chi connectivity index (χ3v) is 8.14. The highest BCUT2D eigenvalue weighted by Crippen LogP contribution is 2.32. The van der Waals surface area contributed by atoms with Crippen molar-refractivity contribution in [3.05, 3.63) is 77.6 Å². The van der Waals surface area contributed by atoms with Gasteiger partial charge in [0, 0.05) is 43.3 Å². The summed E-state index contributed by atoms with van der Waals surface area (Å²) in [5.74, 6) is -0.0685. The molecule has 1 aromatic heterocycles. The molecule has 2 aromatic carbocycles. The molecule has 3 heterocycles. The lowest BCUT2D eigenvalue weighted by atomic mass is 10.1. The molecule has 1 saturated heterocycles. The van der Waals surface area contributed by atoms with Gasteiger partial charge in [0.15, 0.2) is 0 Å². The second kappa shape index (κ2) is 8.52. The number of benzene rings is 2. The average molecular weight is 451 g/mol. The van der Waals surface area contributed by atoms with Gasteiger partial charge in [-0.05, 0) is 66.8 Å². The summed E-state index contributed by atoms with van der Waals surface area (Å²) in [6, 6.07) is 14.6.